The lowest BCUT2D eigenvalue weighted by molar-refractivity contribution is -0.215. The molecular weight excluding hydrogens is 200 g/mol. The van der Waals surface area contributed by atoms with E-state index in [-0.39, 0.29) is 5.57 Å². The molecule has 0 spiro atoms. The summed E-state index contributed by atoms with van der Waals surface area (Å²) in [4.78, 5) is 21.7. The molecule has 0 saturated carbocycles. The van der Waals surface area contributed by atoms with Crippen molar-refractivity contribution >= 4 is 11.9 Å². The molecule has 1 atom stereocenters. The number of esters is 2. The highest BCUT2D eigenvalue weighted by molar-refractivity contribution is 5.87. The molecule has 5 nitrogen and oxygen atoms in total. The molecule has 0 aliphatic rings. The number of ether oxygens (including phenoxy) is 2. The first-order chi connectivity index (χ1) is 6.78. The molecule has 0 bridgehead atoms. The van der Waals surface area contributed by atoms with Crippen molar-refractivity contribution < 1.29 is 24.2 Å². The lowest BCUT2D eigenvalue weighted by atomic mass is 10.3. The van der Waals surface area contributed by atoms with E-state index >= 15 is 0 Å². The van der Waals surface area contributed by atoms with Crippen LogP contribution in [0.3, 0.4) is 0 Å². The van der Waals surface area contributed by atoms with Gasteiger partial charge >= 0.3 is 11.9 Å². The van der Waals surface area contributed by atoms with Crippen LogP contribution in [0.1, 0.15) is 13.8 Å². The van der Waals surface area contributed by atoms with Gasteiger partial charge in [-0.2, -0.15) is 0 Å². The van der Waals surface area contributed by atoms with Gasteiger partial charge in [0.05, 0.1) is 0 Å². The molecule has 0 rings (SSSR count). The first kappa shape index (κ1) is 13.4. The summed E-state index contributed by atoms with van der Waals surface area (Å²) < 4.78 is 9.12. The Morgan fingerprint density at radius 1 is 1.53 bits per heavy atom. The van der Waals surface area contributed by atoms with Crippen LogP contribution in [0.25, 0.3) is 0 Å². The van der Waals surface area contributed by atoms with E-state index in [9.17, 15) is 14.7 Å². The standard InChI is InChI=1S/C10H14O5/c1-5-8(11)15-10(4,13)6-14-9(12)7(2)3/h5,13H,1-2,6H2,3-4H3. The minimum atomic E-state index is -1.86. The summed E-state index contributed by atoms with van der Waals surface area (Å²) >= 11 is 0. The van der Waals surface area contributed by atoms with Gasteiger partial charge in [-0.15, -0.1) is 0 Å². The molecule has 5 heteroatoms. The van der Waals surface area contributed by atoms with Crippen LogP contribution in [0.15, 0.2) is 24.8 Å². The minimum absolute atomic E-state index is 0.195. The lowest BCUT2D eigenvalue weighted by Crippen LogP contribution is -2.37. The second-order valence-corrected chi connectivity index (χ2v) is 3.16. The second kappa shape index (κ2) is 5.31. The Kier molecular flexibility index (Phi) is 4.73. The van der Waals surface area contributed by atoms with E-state index in [1.54, 1.807) is 0 Å². The van der Waals surface area contributed by atoms with Crippen molar-refractivity contribution in [2.24, 2.45) is 0 Å². The molecule has 0 aromatic heterocycles. The van der Waals surface area contributed by atoms with Crippen LogP contribution in [0.2, 0.25) is 0 Å². The zero-order valence-electron chi connectivity index (χ0n) is 8.78. The number of aliphatic hydroxyl groups is 1. The van der Waals surface area contributed by atoms with Gasteiger partial charge in [-0.1, -0.05) is 13.2 Å². The van der Waals surface area contributed by atoms with E-state index < -0.39 is 24.3 Å². The fourth-order valence-corrected chi connectivity index (χ4v) is 0.610. The smallest absolute Gasteiger partial charge is 0.333 e. The Bertz CT molecular complexity index is 290. The van der Waals surface area contributed by atoms with E-state index in [1.807, 2.05) is 0 Å². The predicted molar refractivity (Wildman–Crippen MR) is 52.7 cm³/mol. The maximum absolute atomic E-state index is 11.0. The van der Waals surface area contributed by atoms with Crippen LogP contribution in [0.4, 0.5) is 0 Å². The van der Waals surface area contributed by atoms with Gasteiger partial charge in [-0.25, -0.2) is 9.59 Å². The van der Waals surface area contributed by atoms with E-state index in [0.29, 0.717) is 0 Å². The van der Waals surface area contributed by atoms with E-state index in [0.717, 1.165) is 6.08 Å². The van der Waals surface area contributed by atoms with Crippen LogP contribution in [-0.2, 0) is 19.1 Å². The molecule has 0 aromatic rings. The minimum Gasteiger partial charge on any atom is -0.455 e. The topological polar surface area (TPSA) is 72.8 Å². The second-order valence-electron chi connectivity index (χ2n) is 3.16. The van der Waals surface area contributed by atoms with Crippen LogP contribution in [0.5, 0.6) is 0 Å². The predicted octanol–water partition coefficient (Wildman–Crippen LogP) is 0.543. The molecule has 0 radical (unpaired) electrons. The quantitative estimate of drug-likeness (QED) is 0.411. The maximum atomic E-state index is 11.0. The highest BCUT2D eigenvalue weighted by Gasteiger charge is 2.26. The van der Waals surface area contributed by atoms with Crippen molar-refractivity contribution in [3.8, 4) is 0 Å². The number of rotatable bonds is 5. The van der Waals surface area contributed by atoms with Crippen molar-refractivity contribution in [3.63, 3.8) is 0 Å². The summed E-state index contributed by atoms with van der Waals surface area (Å²) in [7, 11) is 0. The van der Waals surface area contributed by atoms with Crippen molar-refractivity contribution in [1.82, 2.24) is 0 Å². The number of carbonyl (C=O) groups excluding carboxylic acids is 2. The Labute approximate surface area is 88.0 Å². The molecule has 0 saturated heterocycles. The van der Waals surface area contributed by atoms with Crippen molar-refractivity contribution in [2.75, 3.05) is 6.61 Å². The average molecular weight is 214 g/mol. The first-order valence-electron chi connectivity index (χ1n) is 4.19. The Morgan fingerprint density at radius 2 is 2.07 bits per heavy atom. The van der Waals surface area contributed by atoms with Crippen LogP contribution < -0.4 is 0 Å². The first-order valence-corrected chi connectivity index (χ1v) is 4.19. The molecule has 0 aliphatic heterocycles. The average Bonchev–Trinajstić information content (AvgIpc) is 2.13. The molecule has 84 valence electrons. The van der Waals surface area contributed by atoms with Crippen molar-refractivity contribution in [2.45, 2.75) is 19.6 Å². The van der Waals surface area contributed by atoms with Gasteiger partial charge in [-0.05, 0) is 6.92 Å². The molecule has 0 fully saturated rings. The van der Waals surface area contributed by atoms with Crippen LogP contribution in [0, 0.1) is 0 Å². The Balaban J connectivity index is 4.15. The number of hydrogen-bond donors (Lipinski definition) is 1. The van der Waals surface area contributed by atoms with Crippen molar-refractivity contribution in [1.29, 1.82) is 0 Å². The lowest BCUT2D eigenvalue weighted by Gasteiger charge is -2.22. The largest absolute Gasteiger partial charge is 0.455 e. The molecule has 1 unspecified atom stereocenters. The normalized spacial score (nSPS) is 13.5. The fourth-order valence-electron chi connectivity index (χ4n) is 0.610. The van der Waals surface area contributed by atoms with E-state index in [2.05, 4.69) is 22.6 Å². The molecule has 1 N–H and O–H groups in total. The highest BCUT2D eigenvalue weighted by Crippen LogP contribution is 2.08. The number of hydrogen-bond acceptors (Lipinski definition) is 5. The zero-order chi connectivity index (χ0) is 12.1. The maximum Gasteiger partial charge on any atom is 0.333 e. The summed E-state index contributed by atoms with van der Waals surface area (Å²) in [5, 5.41) is 9.45. The SMILES string of the molecule is C=CC(=O)OC(C)(O)COC(=O)C(=C)C. The third-order valence-corrected chi connectivity index (χ3v) is 1.31. The summed E-state index contributed by atoms with van der Waals surface area (Å²) in [6.45, 7) is 8.71. The Morgan fingerprint density at radius 3 is 2.47 bits per heavy atom. The van der Waals surface area contributed by atoms with Crippen LogP contribution in [-0.4, -0.2) is 29.4 Å². The molecule has 0 heterocycles. The summed E-state index contributed by atoms with van der Waals surface area (Å²) in [6, 6.07) is 0. The fraction of sp³-hybridized carbons (Fsp3) is 0.400. The number of carbonyl (C=O) groups is 2. The summed E-state index contributed by atoms with van der Waals surface area (Å²) in [5.41, 5.74) is 0.195. The Hall–Kier alpha value is -1.62. The summed E-state index contributed by atoms with van der Waals surface area (Å²) in [5.74, 6) is -3.33. The zero-order valence-corrected chi connectivity index (χ0v) is 8.78. The van der Waals surface area contributed by atoms with Gasteiger partial charge in [-0.3, -0.25) is 0 Å². The third kappa shape index (κ3) is 5.64. The van der Waals surface area contributed by atoms with Gasteiger partial charge in [0.1, 0.15) is 0 Å². The van der Waals surface area contributed by atoms with Crippen molar-refractivity contribution in [3.05, 3.63) is 24.8 Å². The van der Waals surface area contributed by atoms with Gasteiger partial charge < -0.3 is 14.6 Å². The van der Waals surface area contributed by atoms with Gasteiger partial charge in [0.15, 0.2) is 6.61 Å². The summed E-state index contributed by atoms with van der Waals surface area (Å²) in [6.07, 6.45) is 0.898. The molecule has 15 heavy (non-hydrogen) atoms. The molecule has 0 aromatic carbocycles. The van der Waals surface area contributed by atoms with Crippen LogP contribution >= 0.6 is 0 Å². The highest BCUT2D eigenvalue weighted by atomic mass is 16.7. The third-order valence-electron chi connectivity index (χ3n) is 1.31. The monoisotopic (exact) mass is 214 g/mol. The molecule has 0 amide bonds. The van der Waals surface area contributed by atoms with E-state index in [4.69, 9.17) is 0 Å². The van der Waals surface area contributed by atoms with Gasteiger partial charge in [0.25, 0.3) is 0 Å². The van der Waals surface area contributed by atoms with Gasteiger partial charge in [0, 0.05) is 18.6 Å². The molecular formula is C10H14O5. The molecule has 0 aliphatic carbocycles. The van der Waals surface area contributed by atoms with Gasteiger partial charge in [0.2, 0.25) is 5.79 Å². The van der Waals surface area contributed by atoms with E-state index in [1.165, 1.54) is 13.8 Å².